The van der Waals surface area contributed by atoms with Gasteiger partial charge in [-0.05, 0) is 18.9 Å². The van der Waals surface area contributed by atoms with Crippen LogP contribution in [-0.4, -0.2) is 42.3 Å². The number of hydrogen-bond donors (Lipinski definition) is 1. The Morgan fingerprint density at radius 3 is 2.33 bits per heavy atom. The molecule has 0 aromatic carbocycles. The average Bonchev–Trinajstić information content (AvgIpc) is 2.82. The smallest absolute Gasteiger partial charge is 0.265 e. The first-order valence-corrected chi connectivity index (χ1v) is 7.84. The lowest BCUT2D eigenvalue weighted by Crippen LogP contribution is -2.43. The Morgan fingerprint density at radius 1 is 1.33 bits per heavy atom. The van der Waals surface area contributed by atoms with Crippen LogP contribution < -0.4 is 10.8 Å². The summed E-state index contributed by atoms with van der Waals surface area (Å²) < 4.78 is 27.5. The summed E-state index contributed by atoms with van der Waals surface area (Å²) in [6.45, 7) is 0.226. The topological polar surface area (TPSA) is 126 Å². The lowest BCUT2D eigenvalue weighted by molar-refractivity contribution is -0.312. The maximum Gasteiger partial charge on any atom is 0.265 e. The van der Waals surface area contributed by atoms with E-state index in [0.29, 0.717) is 0 Å². The van der Waals surface area contributed by atoms with E-state index >= 15 is 0 Å². The molecule has 0 unspecified atom stereocenters. The fourth-order valence-corrected chi connectivity index (χ4v) is 3.94. The van der Waals surface area contributed by atoms with E-state index < -0.39 is 27.8 Å². The van der Waals surface area contributed by atoms with Crippen LogP contribution in [0.2, 0.25) is 0 Å². The number of nitrogens with two attached hydrogens (primary N) is 1. The molecule has 1 fully saturated rings. The van der Waals surface area contributed by atoms with Gasteiger partial charge in [-0.2, -0.15) is 4.31 Å². The molecule has 2 heterocycles. The van der Waals surface area contributed by atoms with E-state index in [1.165, 1.54) is 28.2 Å². The number of aromatic nitrogens is 1. The largest absolute Gasteiger partial charge is 0.550 e. The second-order valence-corrected chi connectivity index (χ2v) is 6.97. The Balaban J connectivity index is 2.21. The van der Waals surface area contributed by atoms with E-state index in [4.69, 9.17) is 5.73 Å². The summed E-state index contributed by atoms with van der Waals surface area (Å²) >= 11 is 0. The Hall–Kier alpha value is -1.87. The molecular weight excluding hydrogens is 298 g/mol. The Kier molecular flexibility index (Phi) is 4.06. The van der Waals surface area contributed by atoms with Crippen LogP contribution in [0, 0.1) is 5.92 Å². The molecule has 2 rings (SSSR count). The number of aliphatic carboxylic acids is 1. The minimum absolute atomic E-state index is 0.0225. The van der Waals surface area contributed by atoms with Crippen molar-refractivity contribution in [3.63, 3.8) is 0 Å². The highest BCUT2D eigenvalue weighted by Crippen LogP contribution is 2.24. The third kappa shape index (κ3) is 2.93. The number of carboxylic acid groups (broad SMARTS) is 1. The molecular formula is C12H16N3O5S-. The number of amides is 1. The molecule has 0 atom stereocenters. The van der Waals surface area contributed by atoms with Crippen molar-refractivity contribution >= 4 is 21.9 Å². The van der Waals surface area contributed by atoms with Gasteiger partial charge in [0.2, 0.25) is 10.0 Å². The molecule has 1 saturated heterocycles. The molecule has 21 heavy (non-hydrogen) atoms. The Labute approximate surface area is 122 Å². The quantitative estimate of drug-likeness (QED) is 0.707. The van der Waals surface area contributed by atoms with E-state index in [0.717, 1.165) is 0 Å². The normalized spacial score (nSPS) is 17.8. The molecule has 1 aromatic heterocycles. The van der Waals surface area contributed by atoms with Gasteiger partial charge in [0.25, 0.3) is 5.91 Å². The number of sulfonamides is 1. The van der Waals surface area contributed by atoms with Gasteiger partial charge in [-0.1, -0.05) is 0 Å². The highest BCUT2D eigenvalue weighted by Gasteiger charge is 2.31. The molecule has 0 aliphatic carbocycles. The lowest BCUT2D eigenvalue weighted by Gasteiger charge is -2.31. The van der Waals surface area contributed by atoms with Gasteiger partial charge in [0.1, 0.15) is 10.6 Å². The maximum atomic E-state index is 12.4. The SMILES string of the molecule is Cn1cc(S(=O)(=O)N2CCC(C(=O)[O-])CC2)cc1C(N)=O. The number of carboxylic acids is 1. The predicted molar refractivity (Wildman–Crippen MR) is 70.4 cm³/mol. The van der Waals surface area contributed by atoms with Crippen molar-refractivity contribution in [2.24, 2.45) is 18.7 Å². The van der Waals surface area contributed by atoms with Gasteiger partial charge in [0.05, 0.1) is 0 Å². The van der Waals surface area contributed by atoms with Gasteiger partial charge in [-0.25, -0.2) is 8.42 Å². The second kappa shape index (κ2) is 5.49. The summed E-state index contributed by atoms with van der Waals surface area (Å²) in [7, 11) is -2.23. The van der Waals surface area contributed by atoms with E-state index in [2.05, 4.69) is 0 Å². The van der Waals surface area contributed by atoms with Crippen LogP contribution in [0.5, 0.6) is 0 Å². The zero-order valence-corrected chi connectivity index (χ0v) is 12.3. The molecule has 1 aliphatic heterocycles. The summed E-state index contributed by atoms with van der Waals surface area (Å²) in [5, 5.41) is 10.8. The number of rotatable bonds is 4. The van der Waals surface area contributed by atoms with E-state index in [9.17, 15) is 23.1 Å². The zero-order chi connectivity index (χ0) is 15.8. The lowest BCUT2D eigenvalue weighted by atomic mass is 9.99. The van der Waals surface area contributed by atoms with Crippen molar-refractivity contribution < 1.29 is 23.1 Å². The van der Waals surface area contributed by atoms with Crippen molar-refractivity contribution in [1.29, 1.82) is 0 Å². The van der Waals surface area contributed by atoms with Gasteiger partial charge >= 0.3 is 0 Å². The average molecular weight is 314 g/mol. The highest BCUT2D eigenvalue weighted by atomic mass is 32.2. The predicted octanol–water partition coefficient (Wildman–Crippen LogP) is -1.73. The van der Waals surface area contributed by atoms with Crippen LogP contribution >= 0.6 is 0 Å². The summed E-state index contributed by atoms with van der Waals surface area (Å²) in [5.74, 6) is -2.48. The standard InChI is InChI=1S/C12H17N3O5S/c1-14-7-9(6-10(14)11(13)16)21(19,20)15-4-2-8(3-5-15)12(17)18/h6-8H,2-5H2,1H3,(H2,13,16)(H,17,18)/p-1. The van der Waals surface area contributed by atoms with Crippen LogP contribution in [0.1, 0.15) is 23.3 Å². The molecule has 1 aromatic rings. The fourth-order valence-electron chi connectivity index (χ4n) is 2.40. The van der Waals surface area contributed by atoms with Crippen molar-refractivity contribution in [2.75, 3.05) is 13.1 Å². The number of nitrogens with zero attached hydrogens (tertiary/aromatic N) is 2. The minimum Gasteiger partial charge on any atom is -0.550 e. The summed E-state index contributed by atoms with van der Waals surface area (Å²) in [6, 6.07) is 1.22. The third-order valence-electron chi connectivity index (χ3n) is 3.66. The minimum atomic E-state index is -3.75. The number of piperidine rings is 1. The van der Waals surface area contributed by atoms with Gasteiger partial charge in [-0.3, -0.25) is 4.79 Å². The van der Waals surface area contributed by atoms with Crippen LogP contribution in [0.25, 0.3) is 0 Å². The van der Waals surface area contributed by atoms with Crippen LogP contribution in [0.4, 0.5) is 0 Å². The van der Waals surface area contributed by atoms with Crippen LogP contribution in [-0.2, 0) is 21.9 Å². The summed E-state index contributed by atoms with van der Waals surface area (Å²) in [4.78, 5) is 21.9. The molecule has 9 heteroatoms. The monoisotopic (exact) mass is 314 g/mol. The van der Waals surface area contributed by atoms with Crippen LogP contribution in [0.3, 0.4) is 0 Å². The highest BCUT2D eigenvalue weighted by molar-refractivity contribution is 7.89. The number of carbonyl (C=O) groups excluding carboxylic acids is 2. The zero-order valence-electron chi connectivity index (χ0n) is 11.5. The van der Waals surface area contributed by atoms with E-state index in [1.54, 1.807) is 0 Å². The van der Waals surface area contributed by atoms with E-state index in [-0.39, 0.29) is 36.5 Å². The molecule has 0 bridgehead atoms. The maximum absolute atomic E-state index is 12.4. The molecule has 116 valence electrons. The summed E-state index contributed by atoms with van der Waals surface area (Å²) in [5.41, 5.74) is 5.26. The molecule has 1 aliphatic rings. The molecule has 0 saturated carbocycles. The number of carbonyl (C=O) groups is 2. The van der Waals surface area contributed by atoms with Crippen molar-refractivity contribution in [1.82, 2.24) is 8.87 Å². The molecule has 8 nitrogen and oxygen atoms in total. The van der Waals surface area contributed by atoms with E-state index in [1.807, 2.05) is 0 Å². The Bertz CT molecular complexity index is 671. The first kappa shape index (κ1) is 15.5. The number of aryl methyl sites for hydroxylation is 1. The van der Waals surface area contributed by atoms with Crippen molar-refractivity contribution in [3.05, 3.63) is 18.0 Å². The fraction of sp³-hybridized carbons (Fsp3) is 0.500. The van der Waals surface area contributed by atoms with Crippen molar-refractivity contribution in [3.8, 4) is 0 Å². The molecule has 0 spiro atoms. The van der Waals surface area contributed by atoms with Crippen LogP contribution in [0.15, 0.2) is 17.2 Å². The second-order valence-electron chi connectivity index (χ2n) is 5.03. The van der Waals surface area contributed by atoms with Gasteiger partial charge in [0, 0.05) is 38.2 Å². The third-order valence-corrected chi connectivity index (χ3v) is 5.52. The molecule has 0 radical (unpaired) electrons. The summed E-state index contributed by atoms with van der Waals surface area (Å²) in [6.07, 6.45) is 1.76. The number of primary amides is 1. The Morgan fingerprint density at radius 2 is 1.90 bits per heavy atom. The van der Waals surface area contributed by atoms with Crippen molar-refractivity contribution in [2.45, 2.75) is 17.7 Å². The molecule has 1 amide bonds. The van der Waals surface area contributed by atoms with Gasteiger partial charge in [0.15, 0.2) is 0 Å². The van der Waals surface area contributed by atoms with Gasteiger partial charge < -0.3 is 20.2 Å². The molecule has 2 N–H and O–H groups in total. The first-order valence-electron chi connectivity index (χ1n) is 6.40. The first-order chi connectivity index (χ1) is 9.73. The van der Waals surface area contributed by atoms with Gasteiger partial charge in [-0.15, -0.1) is 0 Å². The number of hydrogen-bond acceptors (Lipinski definition) is 5.